The minimum Gasteiger partial charge on any atom is -0.321 e. The molecule has 1 saturated heterocycles. The van der Waals surface area contributed by atoms with Crippen molar-refractivity contribution < 1.29 is 4.79 Å². The Morgan fingerprint density at radius 1 is 1.73 bits per heavy atom. The summed E-state index contributed by atoms with van der Waals surface area (Å²) in [6.07, 6.45) is 3.27. The fourth-order valence-corrected chi connectivity index (χ4v) is 1.87. The van der Waals surface area contributed by atoms with Gasteiger partial charge < -0.3 is 4.90 Å². The van der Waals surface area contributed by atoms with Gasteiger partial charge in [0, 0.05) is 19.8 Å². The number of nitrogens with zero attached hydrogens (tertiary/aromatic N) is 4. The van der Waals surface area contributed by atoms with E-state index < -0.39 is 0 Å². The summed E-state index contributed by atoms with van der Waals surface area (Å²) in [5.41, 5.74) is 0.539. The van der Waals surface area contributed by atoms with Crippen LogP contribution in [0.15, 0.2) is 12.3 Å². The molecule has 0 N–H and O–H groups in total. The molecular weight excluding hydrogens is 192 g/mol. The third-order valence-electron chi connectivity index (χ3n) is 2.70. The number of likely N-dealkylation sites (tertiary alicyclic amines) is 1. The van der Waals surface area contributed by atoms with Gasteiger partial charge in [0.05, 0.1) is 6.07 Å². The first-order valence-corrected chi connectivity index (χ1v) is 4.92. The van der Waals surface area contributed by atoms with E-state index in [2.05, 4.69) is 11.2 Å². The average molecular weight is 204 g/mol. The SMILES string of the molecule is Cn1nccc1C(=O)N1CCCC1C#N. The van der Waals surface area contributed by atoms with E-state index in [-0.39, 0.29) is 11.9 Å². The van der Waals surface area contributed by atoms with Crippen LogP contribution in [0.1, 0.15) is 23.3 Å². The topological polar surface area (TPSA) is 61.9 Å². The zero-order valence-electron chi connectivity index (χ0n) is 8.55. The van der Waals surface area contributed by atoms with Crippen LogP contribution in [-0.2, 0) is 7.05 Å². The summed E-state index contributed by atoms with van der Waals surface area (Å²) in [5, 5.41) is 12.8. The van der Waals surface area contributed by atoms with Gasteiger partial charge in [0.2, 0.25) is 0 Å². The molecule has 15 heavy (non-hydrogen) atoms. The standard InChI is InChI=1S/C10H12N4O/c1-13-9(4-5-12-13)10(15)14-6-2-3-8(14)7-11/h4-5,8H,2-3,6H2,1H3. The third kappa shape index (κ3) is 1.59. The highest BCUT2D eigenvalue weighted by molar-refractivity contribution is 5.93. The summed E-state index contributed by atoms with van der Waals surface area (Å²) in [6.45, 7) is 0.669. The lowest BCUT2D eigenvalue weighted by Crippen LogP contribution is -2.35. The van der Waals surface area contributed by atoms with Crippen LogP contribution < -0.4 is 0 Å². The lowest BCUT2D eigenvalue weighted by molar-refractivity contribution is 0.0754. The summed E-state index contributed by atoms with van der Waals surface area (Å²) in [5.74, 6) is -0.0981. The molecule has 1 aliphatic rings. The molecule has 0 aromatic carbocycles. The molecule has 2 rings (SSSR count). The van der Waals surface area contributed by atoms with Crippen molar-refractivity contribution in [1.82, 2.24) is 14.7 Å². The molecule has 2 heterocycles. The summed E-state index contributed by atoms with van der Waals surface area (Å²) >= 11 is 0. The molecule has 1 aromatic rings. The summed E-state index contributed by atoms with van der Waals surface area (Å²) in [4.78, 5) is 13.6. The largest absolute Gasteiger partial charge is 0.321 e. The number of aromatic nitrogens is 2. The Labute approximate surface area is 87.9 Å². The summed E-state index contributed by atoms with van der Waals surface area (Å²) < 4.78 is 1.54. The Hall–Kier alpha value is -1.83. The second kappa shape index (κ2) is 3.73. The predicted molar refractivity (Wildman–Crippen MR) is 52.9 cm³/mol. The van der Waals surface area contributed by atoms with Crippen LogP contribution in [0.5, 0.6) is 0 Å². The number of hydrogen-bond acceptors (Lipinski definition) is 3. The Kier molecular flexibility index (Phi) is 2.42. The number of carbonyl (C=O) groups is 1. The molecule has 0 saturated carbocycles. The molecule has 78 valence electrons. The van der Waals surface area contributed by atoms with E-state index in [1.165, 1.54) is 4.68 Å². The Morgan fingerprint density at radius 2 is 2.53 bits per heavy atom. The predicted octanol–water partition coefficient (Wildman–Crippen LogP) is 0.548. The highest BCUT2D eigenvalue weighted by atomic mass is 16.2. The van der Waals surface area contributed by atoms with Crippen molar-refractivity contribution >= 4 is 5.91 Å². The second-order valence-corrected chi connectivity index (χ2v) is 3.63. The number of aryl methyl sites for hydroxylation is 1. The maximum Gasteiger partial charge on any atom is 0.273 e. The van der Waals surface area contributed by atoms with Gasteiger partial charge in [-0.2, -0.15) is 10.4 Å². The molecule has 1 fully saturated rings. The smallest absolute Gasteiger partial charge is 0.273 e. The van der Waals surface area contributed by atoms with E-state index in [0.29, 0.717) is 12.2 Å². The fraction of sp³-hybridized carbons (Fsp3) is 0.500. The van der Waals surface area contributed by atoms with Gasteiger partial charge >= 0.3 is 0 Å². The molecule has 5 heteroatoms. The van der Waals surface area contributed by atoms with Crippen molar-refractivity contribution in [3.8, 4) is 6.07 Å². The van der Waals surface area contributed by atoms with Crippen molar-refractivity contribution in [2.24, 2.45) is 7.05 Å². The van der Waals surface area contributed by atoms with Crippen molar-refractivity contribution in [1.29, 1.82) is 5.26 Å². The first kappa shape index (κ1) is 9.71. The number of carbonyl (C=O) groups excluding carboxylic acids is 1. The highest BCUT2D eigenvalue weighted by Gasteiger charge is 2.30. The van der Waals surface area contributed by atoms with Crippen molar-refractivity contribution in [3.63, 3.8) is 0 Å². The normalized spacial score (nSPS) is 20.3. The molecule has 0 radical (unpaired) electrons. The zero-order chi connectivity index (χ0) is 10.8. The van der Waals surface area contributed by atoms with E-state index in [0.717, 1.165) is 12.8 Å². The zero-order valence-corrected chi connectivity index (χ0v) is 8.55. The van der Waals surface area contributed by atoms with Gasteiger partial charge in [0.1, 0.15) is 11.7 Å². The van der Waals surface area contributed by atoms with Gasteiger partial charge in [-0.05, 0) is 18.9 Å². The highest BCUT2D eigenvalue weighted by Crippen LogP contribution is 2.18. The van der Waals surface area contributed by atoms with Crippen LogP contribution >= 0.6 is 0 Å². The monoisotopic (exact) mass is 204 g/mol. The number of amides is 1. The third-order valence-corrected chi connectivity index (χ3v) is 2.70. The molecule has 1 unspecified atom stereocenters. The Balaban J connectivity index is 2.22. The van der Waals surface area contributed by atoms with Crippen molar-refractivity contribution in [2.45, 2.75) is 18.9 Å². The summed E-state index contributed by atoms with van der Waals surface area (Å²) in [6, 6.07) is 3.56. The molecule has 5 nitrogen and oxygen atoms in total. The molecular formula is C10H12N4O. The summed E-state index contributed by atoms with van der Waals surface area (Å²) in [7, 11) is 1.73. The Bertz CT molecular complexity index is 417. The molecule has 0 bridgehead atoms. The molecule has 0 aliphatic carbocycles. The quantitative estimate of drug-likeness (QED) is 0.671. The van der Waals surface area contributed by atoms with E-state index in [4.69, 9.17) is 5.26 Å². The van der Waals surface area contributed by atoms with E-state index in [9.17, 15) is 4.79 Å². The maximum atomic E-state index is 12.0. The Morgan fingerprint density at radius 3 is 3.13 bits per heavy atom. The minimum atomic E-state index is -0.271. The number of hydrogen-bond donors (Lipinski definition) is 0. The van der Waals surface area contributed by atoms with Crippen LogP contribution in [-0.4, -0.2) is 33.2 Å². The molecule has 1 aromatic heterocycles. The van der Waals surface area contributed by atoms with E-state index in [1.807, 2.05) is 0 Å². The van der Waals surface area contributed by atoms with Crippen LogP contribution in [0.4, 0.5) is 0 Å². The fourth-order valence-electron chi connectivity index (χ4n) is 1.87. The van der Waals surface area contributed by atoms with Crippen LogP contribution in [0.2, 0.25) is 0 Å². The van der Waals surface area contributed by atoms with Crippen LogP contribution in [0.25, 0.3) is 0 Å². The van der Waals surface area contributed by atoms with Crippen LogP contribution in [0, 0.1) is 11.3 Å². The van der Waals surface area contributed by atoms with Gasteiger partial charge in [-0.25, -0.2) is 0 Å². The molecule has 0 spiro atoms. The van der Waals surface area contributed by atoms with Gasteiger partial charge in [-0.3, -0.25) is 9.48 Å². The first-order valence-electron chi connectivity index (χ1n) is 4.92. The van der Waals surface area contributed by atoms with Gasteiger partial charge in [-0.1, -0.05) is 0 Å². The minimum absolute atomic E-state index is 0.0981. The van der Waals surface area contributed by atoms with E-state index in [1.54, 1.807) is 24.2 Å². The van der Waals surface area contributed by atoms with Crippen molar-refractivity contribution in [3.05, 3.63) is 18.0 Å². The lowest BCUT2D eigenvalue weighted by Gasteiger charge is -2.19. The second-order valence-electron chi connectivity index (χ2n) is 3.63. The van der Waals surface area contributed by atoms with Gasteiger partial charge in [0.25, 0.3) is 5.91 Å². The first-order chi connectivity index (χ1) is 7.24. The van der Waals surface area contributed by atoms with Gasteiger partial charge in [-0.15, -0.1) is 0 Å². The number of nitriles is 1. The van der Waals surface area contributed by atoms with Crippen molar-refractivity contribution in [2.75, 3.05) is 6.54 Å². The molecule has 1 amide bonds. The molecule has 1 aliphatic heterocycles. The maximum absolute atomic E-state index is 12.0. The van der Waals surface area contributed by atoms with Gasteiger partial charge in [0.15, 0.2) is 0 Å². The lowest BCUT2D eigenvalue weighted by atomic mass is 10.2. The number of rotatable bonds is 1. The van der Waals surface area contributed by atoms with E-state index >= 15 is 0 Å². The average Bonchev–Trinajstić information content (AvgIpc) is 2.84. The van der Waals surface area contributed by atoms with Crippen LogP contribution in [0.3, 0.4) is 0 Å². The molecule has 1 atom stereocenters.